The topological polar surface area (TPSA) is 113 Å². The number of nitrogens with zero attached hydrogens (tertiary/aromatic N) is 3. The molecule has 0 unspecified atom stereocenters. The van der Waals surface area contributed by atoms with Crippen LogP contribution in [0.5, 0.6) is 5.88 Å². The molecule has 0 aliphatic carbocycles. The number of carbonyl (C=O) groups is 2. The number of Topliss-reactive ketones (excluding diaryl/α,β-unsaturated/α-hetero) is 1. The summed E-state index contributed by atoms with van der Waals surface area (Å²) >= 11 is 6.45. The number of hydrogen-bond donors (Lipinski definition) is 1. The van der Waals surface area contributed by atoms with Crippen LogP contribution in [0.1, 0.15) is 53.2 Å². The predicted octanol–water partition coefficient (Wildman–Crippen LogP) is 4.16. The molecule has 3 rings (SSSR count). The van der Waals surface area contributed by atoms with E-state index in [1.807, 2.05) is 13.0 Å². The molecule has 1 fully saturated rings. The molecular weight excluding hydrogens is 517 g/mol. The maximum Gasteiger partial charge on any atom is 0.271 e. The van der Waals surface area contributed by atoms with Crippen LogP contribution >= 0.6 is 24.0 Å². The zero-order valence-electron chi connectivity index (χ0n) is 20.5. The summed E-state index contributed by atoms with van der Waals surface area (Å²) in [4.78, 5) is 40.3. The van der Waals surface area contributed by atoms with Gasteiger partial charge in [0.25, 0.3) is 11.5 Å². The number of halogens is 1. The fourth-order valence-corrected chi connectivity index (χ4v) is 5.20. The van der Waals surface area contributed by atoms with Crippen molar-refractivity contribution in [3.05, 3.63) is 67.6 Å². The van der Waals surface area contributed by atoms with Crippen LogP contribution in [0.2, 0.25) is 0 Å². The van der Waals surface area contributed by atoms with Gasteiger partial charge in [0.05, 0.1) is 10.5 Å². The molecule has 1 amide bonds. The normalized spacial score (nSPS) is 14.4. The van der Waals surface area contributed by atoms with Crippen molar-refractivity contribution in [3.8, 4) is 11.9 Å². The molecule has 1 N–H and O–H groups in total. The Kier molecular flexibility index (Phi) is 9.74. The van der Waals surface area contributed by atoms with Crippen molar-refractivity contribution in [2.24, 2.45) is 0 Å². The molecular formula is C26H26FN3O5S2. The van der Waals surface area contributed by atoms with Crippen LogP contribution in [0.4, 0.5) is 4.39 Å². The van der Waals surface area contributed by atoms with Gasteiger partial charge in [0.15, 0.2) is 5.78 Å². The van der Waals surface area contributed by atoms with E-state index in [-0.39, 0.29) is 54.3 Å². The second-order valence-corrected chi connectivity index (χ2v) is 9.91. The van der Waals surface area contributed by atoms with Crippen molar-refractivity contribution in [1.82, 2.24) is 9.47 Å². The van der Waals surface area contributed by atoms with Gasteiger partial charge in [-0.05, 0) is 56.0 Å². The summed E-state index contributed by atoms with van der Waals surface area (Å²) < 4.78 is 19.8. The Hall–Kier alpha value is -3.33. The number of thiocarbonyl (C=S) groups is 1. The van der Waals surface area contributed by atoms with Crippen molar-refractivity contribution in [1.29, 1.82) is 5.26 Å². The van der Waals surface area contributed by atoms with E-state index in [9.17, 15) is 29.1 Å². The number of rotatable bonds is 11. The van der Waals surface area contributed by atoms with Crippen molar-refractivity contribution in [3.63, 3.8) is 0 Å². The van der Waals surface area contributed by atoms with Crippen LogP contribution in [0, 0.1) is 24.1 Å². The summed E-state index contributed by atoms with van der Waals surface area (Å²) in [5, 5.41) is 20.2. The van der Waals surface area contributed by atoms with Gasteiger partial charge in [0.2, 0.25) is 5.88 Å². The number of ketones is 1. The van der Waals surface area contributed by atoms with Gasteiger partial charge < -0.3 is 9.84 Å². The maximum absolute atomic E-state index is 13.1. The number of ether oxygens (including phenoxy) is 1. The Labute approximate surface area is 223 Å². The molecule has 0 atom stereocenters. The Morgan fingerprint density at radius 1 is 1.24 bits per heavy atom. The molecule has 2 aromatic rings. The molecule has 37 heavy (non-hydrogen) atoms. The van der Waals surface area contributed by atoms with Crippen molar-refractivity contribution < 1.29 is 23.8 Å². The van der Waals surface area contributed by atoms with Gasteiger partial charge in [-0.1, -0.05) is 36.1 Å². The highest BCUT2D eigenvalue weighted by atomic mass is 32.2. The van der Waals surface area contributed by atoms with Crippen molar-refractivity contribution >= 4 is 46.1 Å². The van der Waals surface area contributed by atoms with E-state index in [0.29, 0.717) is 34.4 Å². The summed E-state index contributed by atoms with van der Waals surface area (Å²) in [6.45, 7) is 4.43. The average molecular weight is 544 g/mol. The number of pyridine rings is 1. The van der Waals surface area contributed by atoms with Crippen LogP contribution in [0.3, 0.4) is 0 Å². The maximum atomic E-state index is 13.1. The minimum absolute atomic E-state index is 0.0372. The van der Waals surface area contributed by atoms with E-state index in [0.717, 1.165) is 16.3 Å². The molecule has 0 bridgehead atoms. The number of benzene rings is 1. The van der Waals surface area contributed by atoms with Crippen LogP contribution in [-0.4, -0.2) is 50.3 Å². The van der Waals surface area contributed by atoms with Crippen LogP contribution in [0.15, 0.2) is 34.0 Å². The Morgan fingerprint density at radius 3 is 2.59 bits per heavy atom. The molecule has 0 saturated carbocycles. The lowest BCUT2D eigenvalue weighted by Crippen LogP contribution is -2.30. The molecule has 11 heteroatoms. The van der Waals surface area contributed by atoms with Gasteiger partial charge in [-0.2, -0.15) is 5.26 Å². The van der Waals surface area contributed by atoms with Crippen LogP contribution in [-0.2, 0) is 16.1 Å². The van der Waals surface area contributed by atoms with Crippen molar-refractivity contribution in [2.45, 2.75) is 39.7 Å². The average Bonchev–Trinajstić information content (AvgIpc) is 3.12. The Balaban J connectivity index is 1.71. The molecule has 8 nitrogen and oxygen atoms in total. The molecule has 194 valence electrons. The monoisotopic (exact) mass is 543 g/mol. The number of amides is 1. The second kappa shape index (κ2) is 12.8. The minimum Gasteiger partial charge on any atom is -0.494 e. The van der Waals surface area contributed by atoms with E-state index >= 15 is 0 Å². The second-order valence-electron chi connectivity index (χ2n) is 8.23. The molecule has 2 heterocycles. The van der Waals surface area contributed by atoms with Crippen LogP contribution in [0.25, 0.3) is 6.08 Å². The smallest absolute Gasteiger partial charge is 0.271 e. The third kappa shape index (κ3) is 6.52. The van der Waals surface area contributed by atoms with Gasteiger partial charge in [0, 0.05) is 32.7 Å². The highest BCUT2D eigenvalue weighted by Gasteiger charge is 2.32. The molecule has 1 saturated heterocycles. The van der Waals surface area contributed by atoms with E-state index in [1.54, 1.807) is 18.2 Å². The van der Waals surface area contributed by atoms with Crippen molar-refractivity contribution in [2.75, 3.05) is 19.8 Å². The fourth-order valence-electron chi connectivity index (χ4n) is 3.89. The lowest BCUT2D eigenvalue weighted by molar-refractivity contribution is -0.122. The first kappa shape index (κ1) is 28.2. The third-order valence-electron chi connectivity index (χ3n) is 5.78. The largest absolute Gasteiger partial charge is 0.494 e. The van der Waals surface area contributed by atoms with Crippen LogP contribution < -0.4 is 5.56 Å². The quantitative estimate of drug-likeness (QED) is 0.195. The van der Waals surface area contributed by atoms with Gasteiger partial charge >= 0.3 is 0 Å². The zero-order chi connectivity index (χ0) is 27.1. The predicted molar refractivity (Wildman–Crippen MR) is 143 cm³/mol. The SMILES string of the molecule is CCOCCCn1c(O)c(C(=O)CCCN2C(=O)/C(=C/c3ccc(F)cc3)SC2=S)c(C)c(C#N)c1=O. The van der Waals surface area contributed by atoms with E-state index in [2.05, 4.69) is 0 Å². The molecule has 0 radical (unpaired) electrons. The van der Waals surface area contributed by atoms with Gasteiger partial charge in [0.1, 0.15) is 21.8 Å². The van der Waals surface area contributed by atoms with Gasteiger partial charge in [-0.25, -0.2) is 4.39 Å². The molecule has 0 spiro atoms. The molecule has 1 aromatic heterocycles. The third-order valence-corrected chi connectivity index (χ3v) is 7.16. The minimum atomic E-state index is -0.656. The molecule has 1 aliphatic heterocycles. The summed E-state index contributed by atoms with van der Waals surface area (Å²) in [5.41, 5.74) is -0.137. The lowest BCUT2D eigenvalue weighted by Gasteiger charge is -2.17. The molecule has 1 aliphatic rings. The summed E-state index contributed by atoms with van der Waals surface area (Å²) in [6.07, 6.45) is 2.26. The first-order chi connectivity index (χ1) is 17.7. The van der Waals surface area contributed by atoms with E-state index < -0.39 is 17.2 Å². The Bertz CT molecular complexity index is 1350. The summed E-state index contributed by atoms with van der Waals surface area (Å²) in [6, 6.07) is 7.56. The summed E-state index contributed by atoms with van der Waals surface area (Å²) in [7, 11) is 0. The van der Waals surface area contributed by atoms with E-state index in [1.165, 1.54) is 24.0 Å². The van der Waals surface area contributed by atoms with Gasteiger partial charge in [-0.3, -0.25) is 23.9 Å². The standard InChI is InChI=1S/C26H26FN3O5S2/c1-3-35-13-5-12-29-23(32)19(15-28)16(2)22(25(29)34)20(31)6-4-11-30-24(33)21(37-26(30)36)14-17-7-9-18(27)10-8-17/h7-10,14,34H,3-6,11-13H2,1-2H3/b21-14-. The first-order valence-corrected chi connectivity index (χ1v) is 12.9. The number of hydrogen-bond acceptors (Lipinski definition) is 8. The number of thioether (sulfide) groups is 1. The molecule has 1 aromatic carbocycles. The number of aromatic hydroxyl groups is 1. The zero-order valence-corrected chi connectivity index (χ0v) is 22.1. The number of nitriles is 1. The number of aromatic nitrogens is 1. The highest BCUT2D eigenvalue weighted by molar-refractivity contribution is 8.26. The van der Waals surface area contributed by atoms with Gasteiger partial charge in [-0.15, -0.1) is 0 Å². The summed E-state index contributed by atoms with van der Waals surface area (Å²) in [5.74, 6) is -1.60. The van der Waals surface area contributed by atoms with E-state index in [4.69, 9.17) is 17.0 Å². The Morgan fingerprint density at radius 2 is 1.95 bits per heavy atom. The number of carbonyl (C=O) groups excluding carboxylic acids is 2. The first-order valence-electron chi connectivity index (χ1n) is 11.7. The highest BCUT2D eigenvalue weighted by Crippen LogP contribution is 2.33. The fraction of sp³-hybridized carbons (Fsp3) is 0.346. The lowest BCUT2D eigenvalue weighted by atomic mass is 9.99.